The average Bonchev–Trinajstić information content (AvgIpc) is 3.31. The molecule has 1 aliphatic rings. The number of amides is 1. The average molecular weight is 460 g/mol. The Morgan fingerprint density at radius 1 is 1.25 bits per heavy atom. The number of benzene rings is 1. The van der Waals surface area contributed by atoms with Crippen LogP contribution in [0.25, 0.3) is 21.7 Å². The van der Waals surface area contributed by atoms with Crippen molar-refractivity contribution >= 4 is 34.4 Å². The highest BCUT2D eigenvalue weighted by Crippen LogP contribution is 2.37. The maximum Gasteiger partial charge on any atom is 0.410 e. The molecule has 3 aromatic rings. The summed E-state index contributed by atoms with van der Waals surface area (Å²) in [4.78, 5) is 33.1. The molecule has 0 saturated heterocycles. The van der Waals surface area contributed by atoms with Crippen LogP contribution in [0, 0.1) is 5.82 Å². The van der Waals surface area contributed by atoms with Crippen molar-refractivity contribution in [1.29, 1.82) is 0 Å². The fourth-order valence-corrected chi connectivity index (χ4v) is 5.10. The minimum Gasteiger partial charge on any atom is -0.465 e. The molecule has 0 saturated carbocycles. The SMILES string of the molecule is CCn1c(-c2cc3c(s2)CN(C(=O)OC(C)(C)C)CC3)nc2c(C(=O)OC)cc(F)cc21. The first-order valence-electron chi connectivity index (χ1n) is 10.5. The monoisotopic (exact) mass is 459 g/mol. The van der Waals surface area contributed by atoms with Crippen molar-refractivity contribution in [3.63, 3.8) is 0 Å². The lowest BCUT2D eigenvalue weighted by molar-refractivity contribution is 0.0226. The highest BCUT2D eigenvalue weighted by Gasteiger charge is 2.28. The van der Waals surface area contributed by atoms with Crippen molar-refractivity contribution < 1.29 is 23.5 Å². The number of hydrogen-bond acceptors (Lipinski definition) is 6. The fraction of sp³-hybridized carbons (Fsp3) is 0.435. The minimum absolute atomic E-state index is 0.105. The lowest BCUT2D eigenvalue weighted by Gasteiger charge is -2.29. The number of thiophene rings is 1. The van der Waals surface area contributed by atoms with Gasteiger partial charge in [-0.3, -0.25) is 0 Å². The van der Waals surface area contributed by atoms with Crippen LogP contribution < -0.4 is 0 Å². The van der Waals surface area contributed by atoms with Crippen LogP contribution in [0.15, 0.2) is 18.2 Å². The molecule has 1 aromatic carbocycles. The summed E-state index contributed by atoms with van der Waals surface area (Å²) in [6, 6.07) is 4.62. The fourth-order valence-electron chi connectivity index (χ4n) is 3.87. The van der Waals surface area contributed by atoms with E-state index in [1.54, 1.807) is 16.2 Å². The Kier molecular flexibility index (Phi) is 5.70. The van der Waals surface area contributed by atoms with Crippen molar-refractivity contribution in [2.24, 2.45) is 0 Å². The van der Waals surface area contributed by atoms with Gasteiger partial charge >= 0.3 is 12.1 Å². The predicted molar refractivity (Wildman–Crippen MR) is 120 cm³/mol. The Bertz CT molecular complexity index is 1210. The standard InChI is InChI=1S/C23H26FN3O4S/c1-6-27-16-11-14(24)10-15(21(28)30-5)19(16)25-20(27)17-9-13-7-8-26(12-18(13)32-17)22(29)31-23(2,3)4/h9-11H,6-8,12H2,1-5H3. The smallest absolute Gasteiger partial charge is 0.410 e. The van der Waals surface area contributed by atoms with Crippen molar-refractivity contribution in [3.05, 3.63) is 40.0 Å². The summed E-state index contributed by atoms with van der Waals surface area (Å²) in [6.07, 6.45) is 0.400. The molecule has 1 aliphatic heterocycles. The second-order valence-corrected chi connectivity index (χ2v) is 9.84. The Balaban J connectivity index is 1.72. The number of esters is 1. The molecule has 3 heterocycles. The van der Waals surface area contributed by atoms with Crippen LogP contribution in [-0.4, -0.2) is 45.8 Å². The third-order valence-corrected chi connectivity index (χ3v) is 6.45. The number of imidazole rings is 1. The molecule has 0 spiro atoms. The van der Waals surface area contributed by atoms with Crippen LogP contribution in [0.4, 0.5) is 9.18 Å². The van der Waals surface area contributed by atoms with Crippen molar-refractivity contribution in [2.75, 3.05) is 13.7 Å². The molecule has 4 rings (SSSR count). The summed E-state index contributed by atoms with van der Waals surface area (Å²) < 4.78 is 26.5. The van der Waals surface area contributed by atoms with E-state index < -0.39 is 17.4 Å². The van der Waals surface area contributed by atoms with Gasteiger partial charge in [0.2, 0.25) is 0 Å². The molecular formula is C23H26FN3O4S. The molecule has 7 nitrogen and oxygen atoms in total. The number of aromatic nitrogens is 2. The molecule has 9 heteroatoms. The van der Waals surface area contributed by atoms with Gasteiger partial charge < -0.3 is 18.9 Å². The zero-order valence-electron chi connectivity index (χ0n) is 18.8. The normalized spacial score (nSPS) is 13.9. The maximum absolute atomic E-state index is 14.2. The molecule has 0 fully saturated rings. The number of methoxy groups -OCH3 is 1. The lowest BCUT2D eigenvalue weighted by atomic mass is 10.1. The maximum atomic E-state index is 14.2. The van der Waals surface area contributed by atoms with Gasteiger partial charge in [0.1, 0.15) is 16.9 Å². The first-order chi connectivity index (χ1) is 15.1. The molecule has 170 valence electrons. The Morgan fingerprint density at radius 2 is 2.00 bits per heavy atom. The van der Waals surface area contributed by atoms with Gasteiger partial charge in [-0.05, 0) is 57.9 Å². The van der Waals surface area contributed by atoms with E-state index in [0.29, 0.717) is 36.5 Å². The van der Waals surface area contributed by atoms with Crippen LogP contribution in [0.1, 0.15) is 48.5 Å². The molecule has 0 bridgehead atoms. The van der Waals surface area contributed by atoms with E-state index in [9.17, 15) is 14.0 Å². The lowest BCUT2D eigenvalue weighted by Crippen LogP contribution is -2.39. The molecule has 0 N–H and O–H groups in total. The van der Waals surface area contributed by atoms with Gasteiger partial charge in [0.05, 0.1) is 29.6 Å². The van der Waals surface area contributed by atoms with Gasteiger partial charge in [-0.25, -0.2) is 19.0 Å². The van der Waals surface area contributed by atoms with E-state index in [0.717, 1.165) is 22.2 Å². The number of aryl methyl sites for hydroxylation is 1. The van der Waals surface area contributed by atoms with Gasteiger partial charge in [0.15, 0.2) is 5.82 Å². The number of carbonyl (C=O) groups is 2. The number of hydrogen-bond donors (Lipinski definition) is 0. The molecule has 0 unspecified atom stereocenters. The van der Waals surface area contributed by atoms with Crippen molar-refractivity contribution in [2.45, 2.75) is 52.8 Å². The highest BCUT2D eigenvalue weighted by molar-refractivity contribution is 7.15. The van der Waals surface area contributed by atoms with Crippen molar-refractivity contribution in [1.82, 2.24) is 14.5 Å². The van der Waals surface area contributed by atoms with Gasteiger partial charge in [-0.15, -0.1) is 11.3 Å². The van der Waals surface area contributed by atoms with Crippen LogP contribution in [0.5, 0.6) is 0 Å². The van der Waals surface area contributed by atoms with Crippen LogP contribution in [0.2, 0.25) is 0 Å². The zero-order valence-corrected chi connectivity index (χ0v) is 19.6. The third-order valence-electron chi connectivity index (χ3n) is 5.29. The second-order valence-electron chi connectivity index (χ2n) is 8.70. The van der Waals surface area contributed by atoms with E-state index in [1.807, 2.05) is 32.3 Å². The number of halogens is 1. The largest absolute Gasteiger partial charge is 0.465 e. The molecule has 0 aliphatic carbocycles. The van der Waals surface area contributed by atoms with Gasteiger partial charge in [0.25, 0.3) is 0 Å². The van der Waals surface area contributed by atoms with E-state index in [1.165, 1.54) is 18.7 Å². The number of fused-ring (bicyclic) bond motifs is 2. The summed E-state index contributed by atoms with van der Waals surface area (Å²) in [5.41, 5.74) is 1.69. The number of carbonyl (C=O) groups excluding carboxylic acids is 2. The zero-order chi connectivity index (χ0) is 23.2. The van der Waals surface area contributed by atoms with E-state index in [-0.39, 0.29) is 11.7 Å². The van der Waals surface area contributed by atoms with Crippen LogP contribution in [-0.2, 0) is 29.0 Å². The third kappa shape index (κ3) is 4.09. The van der Waals surface area contributed by atoms with Crippen LogP contribution in [0.3, 0.4) is 0 Å². The number of rotatable bonds is 3. The Hall–Kier alpha value is -2.94. The number of nitrogens with zero attached hydrogens (tertiary/aromatic N) is 3. The second kappa shape index (κ2) is 8.20. The highest BCUT2D eigenvalue weighted by atomic mass is 32.1. The summed E-state index contributed by atoms with van der Waals surface area (Å²) in [5.74, 6) is -0.473. The van der Waals surface area contributed by atoms with Crippen molar-refractivity contribution in [3.8, 4) is 10.7 Å². The Labute approximate surface area is 189 Å². The van der Waals surface area contributed by atoms with Gasteiger partial charge in [-0.2, -0.15) is 0 Å². The summed E-state index contributed by atoms with van der Waals surface area (Å²) >= 11 is 1.55. The quantitative estimate of drug-likeness (QED) is 0.515. The summed E-state index contributed by atoms with van der Waals surface area (Å²) in [7, 11) is 1.26. The van der Waals surface area contributed by atoms with Gasteiger partial charge in [0, 0.05) is 18.0 Å². The molecule has 1 amide bonds. The molecule has 32 heavy (non-hydrogen) atoms. The molecule has 0 atom stereocenters. The molecule has 2 aromatic heterocycles. The first-order valence-corrected chi connectivity index (χ1v) is 11.3. The molecule has 0 radical (unpaired) electrons. The summed E-state index contributed by atoms with van der Waals surface area (Å²) in [6.45, 7) is 9.12. The first kappa shape index (κ1) is 22.3. The van der Waals surface area contributed by atoms with E-state index in [2.05, 4.69) is 6.07 Å². The van der Waals surface area contributed by atoms with Gasteiger partial charge in [-0.1, -0.05) is 0 Å². The van der Waals surface area contributed by atoms with E-state index >= 15 is 0 Å². The predicted octanol–water partition coefficient (Wildman–Crippen LogP) is 5.00. The molecular weight excluding hydrogens is 433 g/mol. The summed E-state index contributed by atoms with van der Waals surface area (Å²) in [5, 5.41) is 0. The topological polar surface area (TPSA) is 73.7 Å². The number of ether oxygens (including phenoxy) is 2. The van der Waals surface area contributed by atoms with E-state index in [4.69, 9.17) is 14.5 Å². The van der Waals surface area contributed by atoms with Crippen LogP contribution >= 0.6 is 11.3 Å². The minimum atomic E-state index is -0.625. The Morgan fingerprint density at radius 3 is 2.66 bits per heavy atom.